The highest BCUT2D eigenvalue weighted by Gasteiger charge is 2.34. The summed E-state index contributed by atoms with van der Waals surface area (Å²) in [6, 6.07) is 15.3. The summed E-state index contributed by atoms with van der Waals surface area (Å²) in [4.78, 5) is 13.7. The van der Waals surface area contributed by atoms with Gasteiger partial charge in [0.05, 0.1) is 31.1 Å². The first-order chi connectivity index (χ1) is 12.9. The van der Waals surface area contributed by atoms with E-state index in [1.807, 2.05) is 37.3 Å². The number of nitrogens with zero attached hydrogens (tertiary/aromatic N) is 1. The highest BCUT2D eigenvalue weighted by Crippen LogP contribution is 2.19. The van der Waals surface area contributed by atoms with Crippen LogP contribution in [0.1, 0.15) is 6.92 Å². The van der Waals surface area contributed by atoms with Gasteiger partial charge in [-0.05, 0) is 37.3 Å². The van der Waals surface area contributed by atoms with E-state index in [-0.39, 0.29) is 16.8 Å². The molecular formula is C19H23ClN3O3S+. The molecule has 2 aromatic rings. The van der Waals surface area contributed by atoms with Gasteiger partial charge in [0, 0.05) is 10.7 Å². The number of halogens is 1. The number of quaternary nitrogens is 1. The van der Waals surface area contributed by atoms with Crippen LogP contribution in [0.5, 0.6) is 0 Å². The van der Waals surface area contributed by atoms with Crippen molar-refractivity contribution >= 4 is 33.2 Å². The van der Waals surface area contributed by atoms with Gasteiger partial charge in [-0.1, -0.05) is 35.9 Å². The SMILES string of the molecule is C[C@@H](C(=O)Nc1ccccc1)[NH+]1CCN(S(=O)(=O)c2cccc(Cl)c2)CC1. The van der Waals surface area contributed by atoms with E-state index in [0.29, 0.717) is 31.2 Å². The molecule has 0 bridgehead atoms. The van der Waals surface area contributed by atoms with Gasteiger partial charge in [0.25, 0.3) is 5.91 Å². The van der Waals surface area contributed by atoms with Crippen molar-refractivity contribution in [2.75, 3.05) is 31.5 Å². The van der Waals surface area contributed by atoms with Crippen LogP contribution in [0.2, 0.25) is 5.02 Å². The molecule has 1 fully saturated rings. The van der Waals surface area contributed by atoms with Gasteiger partial charge in [-0.3, -0.25) is 4.79 Å². The number of anilines is 1. The maximum absolute atomic E-state index is 12.8. The molecule has 144 valence electrons. The first kappa shape index (κ1) is 19.8. The van der Waals surface area contributed by atoms with E-state index in [9.17, 15) is 13.2 Å². The monoisotopic (exact) mass is 408 g/mol. The molecule has 1 atom stereocenters. The lowest BCUT2D eigenvalue weighted by Crippen LogP contribution is -3.19. The lowest BCUT2D eigenvalue weighted by atomic mass is 10.2. The fraction of sp³-hybridized carbons (Fsp3) is 0.316. The molecule has 27 heavy (non-hydrogen) atoms. The van der Waals surface area contributed by atoms with E-state index in [1.165, 1.54) is 10.4 Å². The zero-order chi connectivity index (χ0) is 19.4. The van der Waals surface area contributed by atoms with Crippen LogP contribution in [0.3, 0.4) is 0 Å². The topological polar surface area (TPSA) is 70.9 Å². The molecule has 0 radical (unpaired) electrons. The van der Waals surface area contributed by atoms with E-state index in [1.54, 1.807) is 18.2 Å². The van der Waals surface area contributed by atoms with Crippen LogP contribution in [0.4, 0.5) is 5.69 Å². The van der Waals surface area contributed by atoms with Gasteiger partial charge in [0.1, 0.15) is 0 Å². The first-order valence-electron chi connectivity index (χ1n) is 8.84. The zero-order valence-corrected chi connectivity index (χ0v) is 16.6. The molecule has 3 rings (SSSR count). The zero-order valence-electron chi connectivity index (χ0n) is 15.1. The normalized spacial score (nSPS) is 17.4. The molecule has 2 N–H and O–H groups in total. The first-order valence-corrected chi connectivity index (χ1v) is 10.7. The Labute approximate surface area is 164 Å². The van der Waals surface area contributed by atoms with Crippen LogP contribution >= 0.6 is 11.6 Å². The Morgan fingerprint density at radius 1 is 1.11 bits per heavy atom. The number of hydrogen-bond acceptors (Lipinski definition) is 3. The molecule has 1 aliphatic heterocycles. The van der Waals surface area contributed by atoms with E-state index in [0.717, 1.165) is 10.6 Å². The summed E-state index contributed by atoms with van der Waals surface area (Å²) in [6.45, 7) is 3.75. The molecular weight excluding hydrogens is 386 g/mol. The number of para-hydroxylation sites is 1. The van der Waals surface area contributed by atoms with Crippen molar-refractivity contribution in [2.45, 2.75) is 17.9 Å². The number of sulfonamides is 1. The summed E-state index contributed by atoms with van der Waals surface area (Å²) in [5.41, 5.74) is 0.760. The number of piperazine rings is 1. The molecule has 0 aliphatic carbocycles. The van der Waals surface area contributed by atoms with Crippen molar-refractivity contribution in [1.82, 2.24) is 4.31 Å². The van der Waals surface area contributed by atoms with E-state index >= 15 is 0 Å². The smallest absolute Gasteiger partial charge is 0.282 e. The van der Waals surface area contributed by atoms with Crippen molar-refractivity contribution < 1.29 is 18.1 Å². The van der Waals surface area contributed by atoms with Crippen molar-refractivity contribution in [3.63, 3.8) is 0 Å². The van der Waals surface area contributed by atoms with Crippen LogP contribution < -0.4 is 10.2 Å². The maximum atomic E-state index is 12.8. The Kier molecular flexibility index (Phi) is 6.16. The van der Waals surface area contributed by atoms with E-state index in [4.69, 9.17) is 11.6 Å². The number of benzene rings is 2. The quantitative estimate of drug-likeness (QED) is 0.782. The van der Waals surface area contributed by atoms with Crippen LogP contribution in [0, 0.1) is 0 Å². The van der Waals surface area contributed by atoms with Gasteiger partial charge in [-0.2, -0.15) is 4.31 Å². The number of amides is 1. The average Bonchev–Trinajstić information content (AvgIpc) is 2.68. The molecule has 0 saturated carbocycles. The molecule has 0 unspecified atom stereocenters. The van der Waals surface area contributed by atoms with Gasteiger partial charge >= 0.3 is 0 Å². The van der Waals surface area contributed by atoms with Crippen molar-refractivity contribution in [3.05, 3.63) is 59.6 Å². The largest absolute Gasteiger partial charge is 0.323 e. The number of hydrogen-bond donors (Lipinski definition) is 2. The minimum Gasteiger partial charge on any atom is -0.323 e. The third kappa shape index (κ3) is 4.68. The van der Waals surface area contributed by atoms with Crippen molar-refractivity contribution in [2.24, 2.45) is 0 Å². The molecule has 8 heteroatoms. The third-order valence-electron chi connectivity index (χ3n) is 4.85. The number of nitrogens with one attached hydrogen (secondary N) is 2. The Balaban J connectivity index is 1.60. The lowest BCUT2D eigenvalue weighted by Gasteiger charge is -2.34. The molecule has 1 amide bonds. The van der Waals surface area contributed by atoms with Crippen molar-refractivity contribution in [3.8, 4) is 0 Å². The van der Waals surface area contributed by atoms with Crippen LogP contribution in [-0.4, -0.2) is 50.9 Å². The number of rotatable bonds is 5. The Morgan fingerprint density at radius 2 is 1.78 bits per heavy atom. The van der Waals surface area contributed by atoms with Crippen molar-refractivity contribution in [1.29, 1.82) is 0 Å². The number of carbonyl (C=O) groups is 1. The fourth-order valence-electron chi connectivity index (χ4n) is 3.18. The molecule has 1 saturated heterocycles. The van der Waals surface area contributed by atoms with Gasteiger partial charge in [0.15, 0.2) is 6.04 Å². The maximum Gasteiger partial charge on any atom is 0.282 e. The summed E-state index contributed by atoms with van der Waals surface area (Å²) in [5.74, 6) is -0.0673. The second-order valence-electron chi connectivity index (χ2n) is 6.60. The summed E-state index contributed by atoms with van der Waals surface area (Å²) >= 11 is 5.92. The second-order valence-corrected chi connectivity index (χ2v) is 8.97. The molecule has 1 aliphatic rings. The lowest BCUT2D eigenvalue weighted by molar-refractivity contribution is -0.917. The Bertz CT molecular complexity index is 897. The summed E-state index contributed by atoms with van der Waals surface area (Å²) in [7, 11) is -3.57. The van der Waals surface area contributed by atoms with Crippen LogP contribution in [0.15, 0.2) is 59.5 Å². The predicted octanol–water partition coefficient (Wildman–Crippen LogP) is 1.26. The second kappa shape index (κ2) is 8.39. The highest BCUT2D eigenvalue weighted by molar-refractivity contribution is 7.89. The minimum absolute atomic E-state index is 0.0673. The minimum atomic E-state index is -3.57. The highest BCUT2D eigenvalue weighted by atomic mass is 35.5. The summed E-state index contributed by atoms with van der Waals surface area (Å²) in [6.07, 6.45) is 0. The Hall–Kier alpha value is -1.93. The summed E-state index contributed by atoms with van der Waals surface area (Å²) in [5, 5.41) is 3.30. The summed E-state index contributed by atoms with van der Waals surface area (Å²) < 4.78 is 27.0. The average molecular weight is 409 g/mol. The fourth-order valence-corrected chi connectivity index (χ4v) is 4.92. The molecule has 0 aromatic heterocycles. The number of carbonyl (C=O) groups excluding carboxylic acids is 1. The van der Waals surface area contributed by atoms with Gasteiger partial charge < -0.3 is 10.2 Å². The van der Waals surface area contributed by atoms with Crippen LogP contribution in [-0.2, 0) is 14.8 Å². The molecule has 6 nitrogen and oxygen atoms in total. The molecule has 2 aromatic carbocycles. The third-order valence-corrected chi connectivity index (χ3v) is 6.98. The van der Waals surface area contributed by atoms with E-state index < -0.39 is 10.0 Å². The predicted molar refractivity (Wildman–Crippen MR) is 105 cm³/mol. The van der Waals surface area contributed by atoms with Crippen LogP contribution in [0.25, 0.3) is 0 Å². The van der Waals surface area contributed by atoms with Gasteiger partial charge in [-0.15, -0.1) is 0 Å². The van der Waals surface area contributed by atoms with Gasteiger partial charge in [-0.25, -0.2) is 8.42 Å². The molecule has 1 heterocycles. The standard InChI is InChI=1S/C19H22ClN3O3S/c1-15(19(24)21-17-7-3-2-4-8-17)22-10-12-23(13-11-22)27(25,26)18-9-5-6-16(20)14-18/h2-9,14-15H,10-13H2,1H3,(H,21,24)/p+1/t15-/m0/s1. The Morgan fingerprint density at radius 3 is 2.41 bits per heavy atom. The molecule has 0 spiro atoms. The van der Waals surface area contributed by atoms with E-state index in [2.05, 4.69) is 5.32 Å². The van der Waals surface area contributed by atoms with Gasteiger partial charge in [0.2, 0.25) is 10.0 Å².